The van der Waals surface area contributed by atoms with Gasteiger partial charge in [0.25, 0.3) is 0 Å². The number of nitrogens with zero attached hydrogens (tertiary/aromatic N) is 1. The van der Waals surface area contributed by atoms with E-state index in [0.29, 0.717) is 5.92 Å². The summed E-state index contributed by atoms with van der Waals surface area (Å²) in [6.45, 7) is 6.36. The Kier molecular flexibility index (Phi) is 3.98. The Labute approximate surface area is 142 Å². The second-order valence-corrected chi connectivity index (χ2v) is 6.82. The standard InChI is InChI=1S/C20H23N3O/c1-13(2)20(14-6-7-18-16(10-14)12-22-23-18)24-19-5-3-4-15-11-21-9-8-17(15)19/h3-7,10,12-13,20-21H,8-9,11H2,1-2H3,(H,22,23). The molecule has 124 valence electrons. The first-order valence-electron chi connectivity index (χ1n) is 8.63. The Morgan fingerprint density at radius 3 is 2.96 bits per heavy atom. The fourth-order valence-corrected chi connectivity index (χ4v) is 3.47. The van der Waals surface area contributed by atoms with Crippen molar-refractivity contribution in [2.24, 2.45) is 5.92 Å². The number of fused-ring (bicyclic) bond motifs is 2. The normalized spacial score (nSPS) is 15.5. The number of aromatic amines is 1. The van der Waals surface area contributed by atoms with Crippen molar-refractivity contribution >= 4 is 10.9 Å². The van der Waals surface area contributed by atoms with Crippen LogP contribution in [0, 0.1) is 5.92 Å². The van der Waals surface area contributed by atoms with Gasteiger partial charge in [-0.3, -0.25) is 5.10 Å². The first-order valence-corrected chi connectivity index (χ1v) is 8.63. The molecule has 1 aromatic heterocycles. The van der Waals surface area contributed by atoms with Gasteiger partial charge >= 0.3 is 0 Å². The van der Waals surface area contributed by atoms with Crippen molar-refractivity contribution in [1.29, 1.82) is 0 Å². The molecule has 2 aromatic carbocycles. The average Bonchev–Trinajstić information content (AvgIpc) is 3.07. The molecule has 0 aliphatic carbocycles. The minimum absolute atomic E-state index is 0.0330. The number of nitrogens with one attached hydrogen (secondary N) is 2. The van der Waals surface area contributed by atoms with Crippen LogP contribution in [-0.4, -0.2) is 16.7 Å². The maximum Gasteiger partial charge on any atom is 0.126 e. The molecule has 0 spiro atoms. The molecule has 2 heterocycles. The zero-order valence-corrected chi connectivity index (χ0v) is 14.2. The summed E-state index contributed by atoms with van der Waals surface area (Å²) in [7, 11) is 0. The van der Waals surface area contributed by atoms with Gasteiger partial charge in [-0.15, -0.1) is 0 Å². The van der Waals surface area contributed by atoms with E-state index in [-0.39, 0.29) is 6.10 Å². The molecule has 0 saturated carbocycles. The summed E-state index contributed by atoms with van der Waals surface area (Å²) in [5, 5.41) is 11.7. The Bertz CT molecular complexity index is 853. The van der Waals surface area contributed by atoms with Crippen LogP contribution in [0.5, 0.6) is 5.75 Å². The summed E-state index contributed by atoms with van der Waals surface area (Å²) < 4.78 is 6.53. The highest BCUT2D eigenvalue weighted by Crippen LogP contribution is 2.33. The SMILES string of the molecule is CC(C)C(Oc1cccc2c1CCNC2)c1ccc2[nH]ncc2c1. The van der Waals surface area contributed by atoms with Crippen LogP contribution >= 0.6 is 0 Å². The molecule has 0 amide bonds. The Hall–Kier alpha value is -2.33. The maximum absolute atomic E-state index is 6.53. The first kappa shape index (κ1) is 15.2. The molecule has 0 saturated heterocycles. The minimum atomic E-state index is 0.0330. The minimum Gasteiger partial charge on any atom is -0.485 e. The predicted molar refractivity (Wildman–Crippen MR) is 96.2 cm³/mol. The highest BCUT2D eigenvalue weighted by Gasteiger charge is 2.21. The van der Waals surface area contributed by atoms with Gasteiger partial charge in [0.1, 0.15) is 11.9 Å². The number of ether oxygens (including phenoxy) is 1. The molecule has 4 nitrogen and oxygen atoms in total. The zero-order chi connectivity index (χ0) is 16.5. The average molecular weight is 321 g/mol. The third-order valence-electron chi connectivity index (χ3n) is 4.75. The van der Waals surface area contributed by atoms with E-state index in [2.05, 4.69) is 65.8 Å². The molecule has 2 N–H and O–H groups in total. The highest BCUT2D eigenvalue weighted by atomic mass is 16.5. The quantitative estimate of drug-likeness (QED) is 0.764. The first-order chi connectivity index (χ1) is 11.7. The number of benzene rings is 2. The third kappa shape index (κ3) is 2.78. The molecule has 1 aliphatic heterocycles. The van der Waals surface area contributed by atoms with Gasteiger partial charge < -0.3 is 10.1 Å². The monoisotopic (exact) mass is 321 g/mol. The lowest BCUT2D eigenvalue weighted by Crippen LogP contribution is -2.24. The third-order valence-corrected chi connectivity index (χ3v) is 4.75. The molecular formula is C20H23N3O. The summed E-state index contributed by atoms with van der Waals surface area (Å²) in [5.41, 5.74) is 4.97. The van der Waals surface area contributed by atoms with Crippen LogP contribution < -0.4 is 10.1 Å². The van der Waals surface area contributed by atoms with E-state index >= 15 is 0 Å². The number of rotatable bonds is 4. The lowest BCUT2D eigenvalue weighted by atomic mass is 9.96. The van der Waals surface area contributed by atoms with Crippen molar-refractivity contribution in [3.05, 3.63) is 59.3 Å². The van der Waals surface area contributed by atoms with E-state index in [1.54, 1.807) is 0 Å². The van der Waals surface area contributed by atoms with Gasteiger partial charge in [0.2, 0.25) is 0 Å². The number of hydrogen-bond donors (Lipinski definition) is 2. The van der Waals surface area contributed by atoms with Gasteiger partial charge in [-0.1, -0.05) is 32.0 Å². The summed E-state index contributed by atoms with van der Waals surface area (Å²) in [6.07, 6.45) is 2.93. The van der Waals surface area contributed by atoms with Crippen LogP contribution in [-0.2, 0) is 13.0 Å². The van der Waals surface area contributed by atoms with E-state index < -0.39 is 0 Å². The molecule has 0 fully saturated rings. The molecule has 4 rings (SSSR count). The number of H-pyrrole nitrogens is 1. The van der Waals surface area contributed by atoms with E-state index in [1.807, 2.05) is 6.20 Å². The summed E-state index contributed by atoms with van der Waals surface area (Å²) >= 11 is 0. The second kappa shape index (κ2) is 6.29. The van der Waals surface area contributed by atoms with Crippen LogP contribution in [0.25, 0.3) is 10.9 Å². The van der Waals surface area contributed by atoms with Crippen LogP contribution in [0.4, 0.5) is 0 Å². The van der Waals surface area contributed by atoms with Crippen LogP contribution in [0.2, 0.25) is 0 Å². The van der Waals surface area contributed by atoms with E-state index in [0.717, 1.165) is 36.2 Å². The van der Waals surface area contributed by atoms with Crippen LogP contribution in [0.3, 0.4) is 0 Å². The van der Waals surface area contributed by atoms with Gasteiger partial charge in [0.15, 0.2) is 0 Å². The van der Waals surface area contributed by atoms with Gasteiger partial charge in [0.05, 0.1) is 11.7 Å². The molecule has 1 unspecified atom stereocenters. The molecule has 0 radical (unpaired) electrons. The topological polar surface area (TPSA) is 49.9 Å². The lowest BCUT2D eigenvalue weighted by molar-refractivity contribution is 0.152. The van der Waals surface area contributed by atoms with Crippen molar-refractivity contribution in [1.82, 2.24) is 15.5 Å². The molecular weight excluding hydrogens is 298 g/mol. The van der Waals surface area contributed by atoms with Crippen molar-refractivity contribution < 1.29 is 4.74 Å². The van der Waals surface area contributed by atoms with Gasteiger partial charge in [-0.25, -0.2) is 0 Å². The Morgan fingerprint density at radius 2 is 2.08 bits per heavy atom. The maximum atomic E-state index is 6.53. The summed E-state index contributed by atoms with van der Waals surface area (Å²) in [6, 6.07) is 12.8. The summed E-state index contributed by atoms with van der Waals surface area (Å²) in [4.78, 5) is 0. The number of aromatic nitrogens is 2. The van der Waals surface area contributed by atoms with E-state index in [4.69, 9.17) is 4.74 Å². The molecule has 0 bridgehead atoms. The molecule has 1 atom stereocenters. The van der Waals surface area contributed by atoms with Crippen molar-refractivity contribution in [3.63, 3.8) is 0 Å². The fraction of sp³-hybridized carbons (Fsp3) is 0.350. The largest absolute Gasteiger partial charge is 0.485 e. The smallest absolute Gasteiger partial charge is 0.126 e. The van der Waals surface area contributed by atoms with Gasteiger partial charge in [-0.2, -0.15) is 5.10 Å². The highest BCUT2D eigenvalue weighted by molar-refractivity contribution is 5.78. The molecule has 1 aliphatic rings. The van der Waals surface area contributed by atoms with Gasteiger partial charge in [-0.05, 0) is 53.8 Å². The van der Waals surface area contributed by atoms with Crippen LogP contribution in [0.15, 0.2) is 42.6 Å². The van der Waals surface area contributed by atoms with Crippen molar-refractivity contribution in [2.75, 3.05) is 6.54 Å². The second-order valence-electron chi connectivity index (χ2n) is 6.82. The molecule has 24 heavy (non-hydrogen) atoms. The van der Waals surface area contributed by atoms with E-state index in [9.17, 15) is 0 Å². The summed E-state index contributed by atoms with van der Waals surface area (Å²) in [5.74, 6) is 1.41. The number of hydrogen-bond acceptors (Lipinski definition) is 3. The van der Waals surface area contributed by atoms with Crippen LogP contribution in [0.1, 0.15) is 36.6 Å². The Balaban J connectivity index is 1.69. The van der Waals surface area contributed by atoms with E-state index in [1.165, 1.54) is 16.7 Å². The van der Waals surface area contributed by atoms with Gasteiger partial charge in [0, 0.05) is 11.9 Å². The van der Waals surface area contributed by atoms with Crippen molar-refractivity contribution in [3.8, 4) is 5.75 Å². The Morgan fingerprint density at radius 1 is 1.17 bits per heavy atom. The van der Waals surface area contributed by atoms with Crippen molar-refractivity contribution in [2.45, 2.75) is 32.9 Å². The molecule has 3 aromatic rings. The molecule has 4 heteroatoms. The predicted octanol–water partition coefficient (Wildman–Crippen LogP) is 3.98. The fourth-order valence-electron chi connectivity index (χ4n) is 3.47. The zero-order valence-electron chi connectivity index (χ0n) is 14.2. The lowest BCUT2D eigenvalue weighted by Gasteiger charge is -2.27.